The van der Waals surface area contributed by atoms with Gasteiger partial charge in [0.05, 0.1) is 40.5 Å². The molecule has 0 bridgehead atoms. The van der Waals surface area contributed by atoms with E-state index in [9.17, 15) is 24.2 Å². The van der Waals surface area contributed by atoms with E-state index in [1.54, 1.807) is 37.3 Å². The van der Waals surface area contributed by atoms with Crippen molar-refractivity contribution >= 4 is 11.9 Å². The van der Waals surface area contributed by atoms with Gasteiger partial charge in [-0.2, -0.15) is 0 Å². The molecule has 0 radical (unpaired) electrons. The predicted octanol–water partition coefficient (Wildman–Crippen LogP) is 33.9. The van der Waals surface area contributed by atoms with Crippen LogP contribution in [0.25, 0.3) is 0 Å². The van der Waals surface area contributed by atoms with Crippen LogP contribution >= 0.6 is 0 Å². The molecule has 0 spiro atoms. The van der Waals surface area contributed by atoms with Gasteiger partial charge in [-0.15, -0.1) is 0 Å². The van der Waals surface area contributed by atoms with Crippen LogP contribution in [-0.4, -0.2) is 84.3 Å². The molecular formula is C120H185FO15. The number of aryl methyl sites for hydroxylation is 10. The fraction of sp³-hybridized carbons (Fsp3) is 0.583. The van der Waals surface area contributed by atoms with Gasteiger partial charge in [0.15, 0.2) is 6.61 Å². The zero-order valence-corrected chi connectivity index (χ0v) is 87.4. The molecule has 0 aromatic heterocycles. The number of carboxylic acids is 2. The highest BCUT2D eigenvalue weighted by atomic mass is 19.1. The molecule has 0 amide bonds. The Morgan fingerprint density at radius 1 is 0.294 bits per heavy atom. The van der Waals surface area contributed by atoms with E-state index in [0.29, 0.717) is 37.1 Å². The number of aliphatic hydroxyl groups is 1. The second-order valence-electron chi connectivity index (χ2n) is 35.9. The largest absolute Gasteiger partial charge is 0.508 e. The van der Waals surface area contributed by atoms with Gasteiger partial charge >= 0.3 is 11.9 Å². The van der Waals surface area contributed by atoms with Gasteiger partial charge in [-0.05, 0) is 244 Å². The Morgan fingerprint density at radius 3 is 0.794 bits per heavy atom. The number of phenols is 2. The lowest BCUT2D eigenvalue weighted by Crippen LogP contribution is -2.10. The van der Waals surface area contributed by atoms with Crippen molar-refractivity contribution in [3.8, 4) is 57.5 Å². The van der Waals surface area contributed by atoms with Gasteiger partial charge in [0, 0.05) is 6.61 Å². The van der Waals surface area contributed by atoms with Gasteiger partial charge in [0.25, 0.3) is 0 Å². The van der Waals surface area contributed by atoms with Crippen LogP contribution in [0.2, 0.25) is 0 Å². The van der Waals surface area contributed by atoms with Crippen molar-refractivity contribution in [2.75, 3.05) is 46.8 Å². The molecule has 8 aromatic rings. The molecular weight excluding hydrogens is 1700 g/mol. The van der Waals surface area contributed by atoms with Crippen molar-refractivity contribution in [1.82, 2.24) is 0 Å². The molecule has 0 atom stereocenters. The number of aromatic carboxylic acids is 1. The minimum atomic E-state index is -1.00. The Kier molecular flexibility index (Phi) is 72.4. The van der Waals surface area contributed by atoms with Crippen molar-refractivity contribution in [2.24, 2.45) is 0 Å². The first-order chi connectivity index (χ1) is 66.6. The summed E-state index contributed by atoms with van der Waals surface area (Å²) in [5, 5.41) is 44.8. The zero-order chi connectivity index (χ0) is 101. The van der Waals surface area contributed by atoms with Crippen molar-refractivity contribution < 1.29 is 78.8 Å². The lowest BCUT2D eigenvalue weighted by atomic mass is 10.1. The minimum absolute atomic E-state index is 0.250. The molecule has 0 unspecified atom stereocenters. The maximum atomic E-state index is 11.0. The summed E-state index contributed by atoms with van der Waals surface area (Å²) in [4.78, 5) is 21.6. The molecule has 0 aliphatic carbocycles. The number of carboxylic acid groups (broad SMARTS) is 2. The maximum absolute atomic E-state index is 11.0. The fourth-order valence-corrected chi connectivity index (χ4v) is 16.1. The van der Waals surface area contributed by atoms with Crippen LogP contribution in [0.3, 0.4) is 0 Å². The SMILES string of the molecule is CCCCCCCCCCCCOc1c(C)cc(O)cc1CC.CCCCCCCCCCCCOc1c(C)cc(OCC(=O)O)cc1CC.CCCCCCCCCCCCOc1c(C)cc(OCc2ccc(C(=O)O)cc2)cc1CC.CCCCCCCCCCCCOc1c(C)cc(OCc2ccccc2)cc1CC.CCO.CCc1cc(OCc2ccccc2)cc(C)c1O.[2H]CF. The quantitative estimate of drug-likeness (QED) is 0.0225. The number of hydrogen-bond donors (Lipinski definition) is 5. The summed E-state index contributed by atoms with van der Waals surface area (Å²) in [6.07, 6.45) is 57.7. The third-order valence-electron chi connectivity index (χ3n) is 24.0. The van der Waals surface area contributed by atoms with Crippen LogP contribution in [0.15, 0.2) is 146 Å². The average Bonchev–Trinajstić information content (AvgIpc) is 0.852. The minimum Gasteiger partial charge on any atom is -0.508 e. The highest BCUT2D eigenvalue weighted by Gasteiger charge is 2.17. The molecule has 8 rings (SSSR count). The van der Waals surface area contributed by atoms with E-state index in [1.165, 1.54) is 253 Å². The van der Waals surface area contributed by atoms with E-state index in [4.69, 9.17) is 54.6 Å². The van der Waals surface area contributed by atoms with Gasteiger partial charge in [-0.25, -0.2) is 9.59 Å². The van der Waals surface area contributed by atoms with E-state index in [0.717, 1.165) is 175 Å². The third kappa shape index (κ3) is 57.1. The normalized spacial score (nSPS) is 10.7. The van der Waals surface area contributed by atoms with Crippen LogP contribution < -0.4 is 37.9 Å². The van der Waals surface area contributed by atoms with E-state index < -0.39 is 19.1 Å². The summed E-state index contributed by atoms with van der Waals surface area (Å²) in [6, 6.07) is 46.6. The summed E-state index contributed by atoms with van der Waals surface area (Å²) >= 11 is 0. The molecule has 5 N–H and O–H groups in total. The Morgan fingerprint density at radius 2 is 0.529 bits per heavy atom. The summed E-state index contributed by atoms with van der Waals surface area (Å²) in [7, 11) is -1.00. The molecule has 8 aromatic carbocycles. The Bertz CT molecular complexity index is 4300. The van der Waals surface area contributed by atoms with E-state index in [2.05, 4.69) is 99.6 Å². The second-order valence-corrected chi connectivity index (χ2v) is 35.9. The van der Waals surface area contributed by atoms with Gasteiger partial charge in [0.2, 0.25) is 0 Å². The average molecular weight is 1890 g/mol. The standard InChI is InChI=1S/C29H42O4.C28H42O2.C23H38O4.C21H36O2.C16H18O2.C2H6O.CH3F/c1-4-6-7-8-9-10-11-12-13-14-19-32-28-23(3)20-27(21-25(28)5-2)33-22-24-15-17-26(18-16-24)29(30)31;1-4-6-7-8-9-10-11-12-13-17-20-29-28-24(3)21-27(22-26(28)5-2)30-23-25-18-15-14-16-19-25;1-4-6-7-8-9-10-11-12-13-14-15-26-23-19(3)16-21(17-20(23)5-2)27-18-22(24)25;1-4-6-7-8-9-10-11-12-13-14-15-23-21-18(3)16-20(22)17-19(21)5-2;1-3-14-10-15(9-12(2)16(14)17)18-11-13-7-5-4-6-8-13;1-2-3;1-2/h15-18,20-21H,4-14,19,22H2,1-3H3,(H,30,31);14-16,18-19,21-22H,4-13,17,20,23H2,1-3H3;16-17H,4-15,18H2,1-3H3,(H,24,25);16-17,22H,4-15H2,1-3H3;4-10,17H,3,11H2,1-2H3;3H,2H2,1H3;1H3/i;;;;;;1D. The Hall–Kier alpha value is -9.41. The Labute approximate surface area is 826 Å². The number of aromatic hydroxyl groups is 2. The number of hydrogen-bond acceptors (Lipinski definition) is 13. The number of phenolic OH excluding ortho intramolecular Hbond substituents is 2. The molecule has 0 aliphatic heterocycles. The number of aliphatic carboxylic acids is 1. The number of ether oxygens (including phenoxy) is 8. The topological polar surface area (TPSA) is 209 Å². The van der Waals surface area contributed by atoms with Gasteiger partial charge in [-0.3, -0.25) is 4.39 Å². The van der Waals surface area contributed by atoms with Crippen LogP contribution in [0, 0.1) is 34.6 Å². The molecule has 762 valence electrons. The van der Waals surface area contributed by atoms with Crippen LogP contribution in [-0.2, 0) is 56.7 Å². The number of rotatable bonds is 66. The number of alkyl halides is 1. The summed E-state index contributed by atoms with van der Waals surface area (Å²) < 4.78 is 62.9. The first-order valence-corrected chi connectivity index (χ1v) is 52.7. The predicted molar refractivity (Wildman–Crippen MR) is 568 cm³/mol. The van der Waals surface area contributed by atoms with Crippen LogP contribution in [0.4, 0.5) is 4.39 Å². The lowest BCUT2D eigenvalue weighted by molar-refractivity contribution is -0.139. The molecule has 0 saturated carbocycles. The van der Waals surface area contributed by atoms with E-state index in [-0.39, 0.29) is 18.8 Å². The first kappa shape index (κ1) is 121. The second kappa shape index (κ2) is 81.6. The summed E-state index contributed by atoms with van der Waals surface area (Å²) in [5.41, 5.74) is 14.2. The zero-order valence-electron chi connectivity index (χ0n) is 88.4. The number of halogens is 1. The van der Waals surface area contributed by atoms with Gasteiger partial charge in [-0.1, -0.05) is 366 Å². The van der Waals surface area contributed by atoms with Crippen LogP contribution in [0.1, 0.15) is 410 Å². The van der Waals surface area contributed by atoms with Crippen molar-refractivity contribution in [3.05, 3.63) is 223 Å². The Balaban J connectivity index is 0.000000577. The molecule has 16 heteroatoms. The summed E-state index contributed by atoms with van der Waals surface area (Å²) in [5.74, 6) is 5.94. The maximum Gasteiger partial charge on any atom is 0.341 e. The third-order valence-corrected chi connectivity index (χ3v) is 24.0. The monoisotopic (exact) mass is 1890 g/mol. The van der Waals surface area contributed by atoms with E-state index in [1.807, 2.05) is 113 Å². The smallest absolute Gasteiger partial charge is 0.341 e. The van der Waals surface area contributed by atoms with Crippen molar-refractivity contribution in [2.45, 2.75) is 413 Å². The fourth-order valence-electron chi connectivity index (χ4n) is 16.1. The summed E-state index contributed by atoms with van der Waals surface area (Å²) in [6.45, 7) is 35.9. The van der Waals surface area contributed by atoms with E-state index >= 15 is 0 Å². The molecule has 0 saturated heterocycles. The number of aliphatic hydroxyl groups excluding tert-OH is 1. The number of carbonyl (C=O) groups is 2. The number of unbranched alkanes of at least 4 members (excludes halogenated alkanes) is 36. The first-order valence-electron chi connectivity index (χ1n) is 53.5. The molecule has 136 heavy (non-hydrogen) atoms. The van der Waals surface area contributed by atoms with Crippen LogP contribution in [0.5, 0.6) is 57.5 Å². The van der Waals surface area contributed by atoms with Crippen molar-refractivity contribution in [3.63, 3.8) is 0 Å². The number of benzene rings is 8. The highest BCUT2D eigenvalue weighted by molar-refractivity contribution is 5.87. The molecule has 0 heterocycles. The van der Waals surface area contributed by atoms with Crippen molar-refractivity contribution in [1.29, 1.82) is 0 Å². The molecule has 0 aliphatic rings. The molecule has 0 fully saturated rings. The lowest BCUT2D eigenvalue weighted by Gasteiger charge is -2.16. The van der Waals surface area contributed by atoms with Gasteiger partial charge in [0.1, 0.15) is 77.3 Å². The highest BCUT2D eigenvalue weighted by Crippen LogP contribution is 2.36. The molecule has 15 nitrogen and oxygen atoms in total. The van der Waals surface area contributed by atoms with Gasteiger partial charge < -0.3 is 63.4 Å².